The molecule has 0 fully saturated rings. The first-order chi connectivity index (χ1) is 14.5. The second kappa shape index (κ2) is 7.19. The molecule has 0 spiro atoms. The second-order valence-electron chi connectivity index (χ2n) is 6.78. The molecule has 5 rings (SSSR count). The van der Waals surface area contributed by atoms with E-state index in [1.54, 1.807) is 36.4 Å². The fourth-order valence-corrected chi connectivity index (χ4v) is 4.80. The third kappa shape index (κ3) is 2.93. The minimum atomic E-state index is -0.733. The normalized spacial score (nSPS) is 15.8. The van der Waals surface area contributed by atoms with Gasteiger partial charge in [0.05, 0.1) is 17.0 Å². The van der Waals surface area contributed by atoms with Gasteiger partial charge in [-0.25, -0.2) is 0 Å². The zero-order chi connectivity index (χ0) is 21.0. The van der Waals surface area contributed by atoms with Gasteiger partial charge in [-0.15, -0.1) is 10.2 Å². The van der Waals surface area contributed by atoms with Gasteiger partial charge in [0.1, 0.15) is 10.6 Å². The zero-order valence-corrected chi connectivity index (χ0v) is 17.9. The summed E-state index contributed by atoms with van der Waals surface area (Å²) in [6.45, 7) is 1.96. The van der Waals surface area contributed by atoms with Gasteiger partial charge in [-0.05, 0) is 42.3 Å². The fourth-order valence-electron chi connectivity index (χ4n) is 3.62. The summed E-state index contributed by atoms with van der Waals surface area (Å²) >= 11 is 13.6. The highest BCUT2D eigenvalue weighted by atomic mass is 35.5. The lowest BCUT2D eigenvalue weighted by Crippen LogP contribution is -2.29. The Bertz CT molecular complexity index is 1380. The molecule has 0 bridgehead atoms. The van der Waals surface area contributed by atoms with Crippen molar-refractivity contribution in [3.8, 4) is 0 Å². The minimum absolute atomic E-state index is 0.00644. The molecule has 0 N–H and O–H groups in total. The average molecular weight is 458 g/mol. The molecule has 2 aromatic carbocycles. The van der Waals surface area contributed by atoms with Crippen molar-refractivity contribution < 1.29 is 9.21 Å². The molecule has 30 heavy (non-hydrogen) atoms. The van der Waals surface area contributed by atoms with Crippen molar-refractivity contribution in [2.24, 2.45) is 0 Å². The molecular weight excluding hydrogens is 445 g/mol. The summed E-state index contributed by atoms with van der Waals surface area (Å²) in [5.41, 5.74) is 0.909. The van der Waals surface area contributed by atoms with E-state index in [0.29, 0.717) is 38.1 Å². The smallest absolute Gasteiger partial charge is 0.297 e. The summed E-state index contributed by atoms with van der Waals surface area (Å²) in [6, 6.07) is 11.1. The predicted molar refractivity (Wildman–Crippen MR) is 117 cm³/mol. The van der Waals surface area contributed by atoms with Crippen molar-refractivity contribution in [3.05, 3.63) is 84.6 Å². The van der Waals surface area contributed by atoms with Gasteiger partial charge >= 0.3 is 0 Å². The number of aromatic nitrogens is 2. The monoisotopic (exact) mass is 457 g/mol. The molecule has 2 aromatic heterocycles. The SMILES string of the molecule is CCc1nnc(N2C(=O)c3oc4ccc(Cl)cc4c(=O)c3[C@H]2c2cccc(Cl)c2)s1. The summed E-state index contributed by atoms with van der Waals surface area (Å²) in [4.78, 5) is 28.3. The molecule has 4 aromatic rings. The highest BCUT2D eigenvalue weighted by Gasteiger charge is 2.45. The molecule has 1 amide bonds. The van der Waals surface area contributed by atoms with Gasteiger partial charge < -0.3 is 4.42 Å². The molecular formula is C21H13Cl2N3O3S. The van der Waals surface area contributed by atoms with Crippen LogP contribution in [0.2, 0.25) is 10.0 Å². The van der Waals surface area contributed by atoms with Crippen LogP contribution in [0, 0.1) is 0 Å². The van der Waals surface area contributed by atoms with Crippen LogP contribution in [0.25, 0.3) is 11.0 Å². The number of amides is 1. The maximum absolute atomic E-state index is 13.5. The van der Waals surface area contributed by atoms with Crippen molar-refractivity contribution in [1.82, 2.24) is 10.2 Å². The lowest BCUT2D eigenvalue weighted by atomic mass is 9.99. The first-order valence-corrected chi connectivity index (χ1v) is 10.7. The molecule has 1 aliphatic rings. The van der Waals surface area contributed by atoms with E-state index in [2.05, 4.69) is 10.2 Å². The van der Waals surface area contributed by atoms with Gasteiger partial charge in [0.15, 0.2) is 5.43 Å². The first kappa shape index (κ1) is 19.2. The summed E-state index contributed by atoms with van der Waals surface area (Å²) in [7, 11) is 0. The molecule has 3 heterocycles. The van der Waals surface area contributed by atoms with Crippen LogP contribution < -0.4 is 10.3 Å². The van der Waals surface area contributed by atoms with E-state index in [9.17, 15) is 9.59 Å². The number of aryl methyl sites for hydroxylation is 1. The van der Waals surface area contributed by atoms with Crippen LogP contribution in [-0.2, 0) is 6.42 Å². The molecule has 0 radical (unpaired) electrons. The van der Waals surface area contributed by atoms with Crippen LogP contribution in [0.1, 0.15) is 39.7 Å². The van der Waals surface area contributed by atoms with Crippen molar-refractivity contribution in [1.29, 1.82) is 0 Å². The summed E-state index contributed by atoms with van der Waals surface area (Å²) < 4.78 is 5.89. The van der Waals surface area contributed by atoms with E-state index < -0.39 is 11.9 Å². The Labute approximate surface area is 184 Å². The molecule has 0 aliphatic carbocycles. The standard InChI is InChI=1S/C21H13Cl2N3O3S/c1-2-15-24-25-21(30-15)26-17(10-4-3-5-11(22)8-10)16-18(27)13-9-12(23)6-7-14(13)29-19(16)20(26)28/h3-9,17H,2H2,1H3/t17-/m1/s1. The molecule has 0 saturated heterocycles. The number of fused-ring (bicyclic) bond motifs is 2. The third-order valence-electron chi connectivity index (χ3n) is 4.96. The summed E-state index contributed by atoms with van der Waals surface area (Å²) in [6.07, 6.45) is 0.689. The van der Waals surface area contributed by atoms with E-state index in [0.717, 1.165) is 5.01 Å². The van der Waals surface area contributed by atoms with Crippen LogP contribution in [0.5, 0.6) is 0 Å². The van der Waals surface area contributed by atoms with Crippen molar-refractivity contribution in [2.45, 2.75) is 19.4 Å². The fraction of sp³-hybridized carbons (Fsp3) is 0.143. The number of rotatable bonds is 3. The maximum Gasteiger partial charge on any atom is 0.297 e. The van der Waals surface area contributed by atoms with Crippen molar-refractivity contribution >= 4 is 56.5 Å². The molecule has 1 aliphatic heterocycles. The lowest BCUT2D eigenvalue weighted by Gasteiger charge is -2.22. The number of anilines is 1. The Hall–Kier alpha value is -2.74. The Morgan fingerprint density at radius 2 is 1.90 bits per heavy atom. The average Bonchev–Trinajstić information content (AvgIpc) is 3.31. The van der Waals surface area contributed by atoms with E-state index in [1.807, 2.05) is 13.0 Å². The van der Waals surface area contributed by atoms with E-state index in [4.69, 9.17) is 27.6 Å². The maximum atomic E-state index is 13.5. The molecule has 1 atom stereocenters. The van der Waals surface area contributed by atoms with E-state index in [1.165, 1.54) is 16.2 Å². The van der Waals surface area contributed by atoms with Gasteiger partial charge in [0.2, 0.25) is 10.9 Å². The van der Waals surface area contributed by atoms with Gasteiger partial charge in [0, 0.05) is 10.0 Å². The molecule has 150 valence electrons. The van der Waals surface area contributed by atoms with Gasteiger partial charge in [-0.3, -0.25) is 14.5 Å². The van der Waals surface area contributed by atoms with Crippen molar-refractivity contribution in [3.63, 3.8) is 0 Å². The summed E-state index contributed by atoms with van der Waals surface area (Å²) in [5, 5.41) is 10.7. The lowest BCUT2D eigenvalue weighted by molar-refractivity contribution is 0.0970. The molecule has 0 unspecified atom stereocenters. The van der Waals surface area contributed by atoms with Gasteiger partial charge in [0.25, 0.3) is 5.91 Å². The quantitative estimate of drug-likeness (QED) is 0.419. The van der Waals surface area contributed by atoms with E-state index >= 15 is 0 Å². The van der Waals surface area contributed by atoms with Gasteiger partial charge in [-0.1, -0.05) is 53.6 Å². The number of nitrogens with zero attached hydrogens (tertiary/aromatic N) is 3. The number of carbonyl (C=O) groups excluding carboxylic acids is 1. The Morgan fingerprint density at radius 3 is 2.63 bits per heavy atom. The number of benzene rings is 2. The highest BCUT2D eigenvalue weighted by Crippen LogP contribution is 2.42. The van der Waals surface area contributed by atoms with E-state index in [-0.39, 0.29) is 16.8 Å². The first-order valence-electron chi connectivity index (χ1n) is 9.15. The number of hydrogen-bond acceptors (Lipinski definition) is 6. The molecule has 6 nitrogen and oxygen atoms in total. The largest absolute Gasteiger partial charge is 0.450 e. The minimum Gasteiger partial charge on any atom is -0.450 e. The van der Waals surface area contributed by atoms with Crippen LogP contribution in [-0.4, -0.2) is 16.1 Å². The Kier molecular flexibility index (Phi) is 4.61. The van der Waals surface area contributed by atoms with Crippen LogP contribution >= 0.6 is 34.5 Å². The van der Waals surface area contributed by atoms with Crippen LogP contribution in [0.3, 0.4) is 0 Å². The highest BCUT2D eigenvalue weighted by molar-refractivity contribution is 7.15. The Balaban J connectivity index is 1.82. The van der Waals surface area contributed by atoms with Crippen LogP contribution in [0.4, 0.5) is 5.13 Å². The van der Waals surface area contributed by atoms with Crippen LogP contribution in [0.15, 0.2) is 51.7 Å². The topological polar surface area (TPSA) is 76.3 Å². The Morgan fingerprint density at radius 1 is 1.10 bits per heavy atom. The van der Waals surface area contributed by atoms with Crippen molar-refractivity contribution in [2.75, 3.05) is 4.90 Å². The summed E-state index contributed by atoms with van der Waals surface area (Å²) in [5.74, 6) is -0.448. The second-order valence-corrected chi connectivity index (χ2v) is 8.69. The number of hydrogen-bond donors (Lipinski definition) is 0. The molecule has 0 saturated carbocycles. The number of carbonyl (C=O) groups is 1. The third-order valence-corrected chi connectivity index (χ3v) is 6.50. The molecule has 9 heteroatoms. The van der Waals surface area contributed by atoms with Gasteiger partial charge in [-0.2, -0.15) is 0 Å². The number of halogens is 2. The zero-order valence-electron chi connectivity index (χ0n) is 15.6. The predicted octanol–water partition coefficient (Wildman–Crippen LogP) is 5.26.